The maximum absolute atomic E-state index is 13.8. The Labute approximate surface area is 112 Å². The number of hydrogen-bond donors (Lipinski definition) is 3. The quantitative estimate of drug-likeness (QED) is 0.714. The third kappa shape index (κ3) is 3.03. The molecule has 1 saturated heterocycles. The number of benzene rings is 1. The van der Waals surface area contributed by atoms with Crippen molar-refractivity contribution in [2.45, 2.75) is 17.9 Å². The fourth-order valence-corrected chi connectivity index (χ4v) is 2.75. The van der Waals surface area contributed by atoms with Crippen LogP contribution >= 0.6 is 11.8 Å². The Kier molecular flexibility index (Phi) is 5.00. The molecule has 0 aromatic heterocycles. The Balaban J connectivity index is 2.12. The molecule has 0 aliphatic carbocycles. The minimum Gasteiger partial charge on any atom is -0.317 e. The molecule has 0 amide bonds. The molecule has 2 atom stereocenters. The van der Waals surface area contributed by atoms with Crippen LogP contribution in [0.2, 0.25) is 0 Å². The molecular weight excluding hydrogens is 249 g/mol. The zero-order chi connectivity index (χ0) is 13.0. The van der Waals surface area contributed by atoms with E-state index in [0.29, 0.717) is 10.8 Å². The van der Waals surface area contributed by atoms with Gasteiger partial charge >= 0.3 is 0 Å². The standard InChI is InChI=1S/C13H20FN3S/c1-3-15-7-10-8-16-17-13(10)9-4-5-12(18-2)11(14)6-9/h4-6,10,13,15-17H,3,7-8H2,1-2H3. The molecule has 1 heterocycles. The molecule has 0 saturated carbocycles. The lowest BCUT2D eigenvalue weighted by molar-refractivity contribution is 0.445. The molecule has 0 radical (unpaired) electrons. The van der Waals surface area contributed by atoms with Crippen LogP contribution in [0.5, 0.6) is 0 Å². The van der Waals surface area contributed by atoms with Gasteiger partial charge in [-0.15, -0.1) is 11.8 Å². The molecule has 1 aromatic carbocycles. The molecule has 0 spiro atoms. The number of thioether (sulfide) groups is 1. The summed E-state index contributed by atoms with van der Waals surface area (Å²) in [5.41, 5.74) is 7.41. The van der Waals surface area contributed by atoms with Gasteiger partial charge in [-0.05, 0) is 30.5 Å². The van der Waals surface area contributed by atoms with E-state index in [1.807, 2.05) is 18.4 Å². The summed E-state index contributed by atoms with van der Waals surface area (Å²) in [5.74, 6) is 0.320. The Morgan fingerprint density at radius 3 is 3.00 bits per heavy atom. The van der Waals surface area contributed by atoms with E-state index < -0.39 is 0 Å². The summed E-state index contributed by atoms with van der Waals surface area (Å²) < 4.78 is 13.8. The number of nitrogens with one attached hydrogen (secondary N) is 3. The zero-order valence-electron chi connectivity index (χ0n) is 10.8. The topological polar surface area (TPSA) is 36.1 Å². The van der Waals surface area contributed by atoms with Crippen molar-refractivity contribution in [2.24, 2.45) is 5.92 Å². The van der Waals surface area contributed by atoms with E-state index in [-0.39, 0.29) is 11.9 Å². The van der Waals surface area contributed by atoms with Gasteiger partial charge in [0, 0.05) is 23.9 Å². The Morgan fingerprint density at radius 2 is 2.33 bits per heavy atom. The average molecular weight is 269 g/mol. The van der Waals surface area contributed by atoms with Gasteiger partial charge in [0.2, 0.25) is 0 Å². The predicted octanol–water partition coefficient (Wildman–Crippen LogP) is 1.92. The molecule has 18 heavy (non-hydrogen) atoms. The SMILES string of the molecule is CCNCC1CNNC1c1ccc(SC)c(F)c1. The molecule has 1 aliphatic heterocycles. The summed E-state index contributed by atoms with van der Waals surface area (Å²) in [5, 5.41) is 3.35. The molecule has 0 bridgehead atoms. The van der Waals surface area contributed by atoms with E-state index in [1.54, 1.807) is 6.07 Å². The van der Waals surface area contributed by atoms with E-state index in [4.69, 9.17) is 0 Å². The predicted molar refractivity (Wildman–Crippen MR) is 74.1 cm³/mol. The molecule has 1 fully saturated rings. The first-order valence-corrected chi connectivity index (χ1v) is 7.51. The molecule has 1 aliphatic rings. The highest BCUT2D eigenvalue weighted by Crippen LogP contribution is 2.28. The van der Waals surface area contributed by atoms with Gasteiger partial charge in [-0.25, -0.2) is 9.82 Å². The summed E-state index contributed by atoms with van der Waals surface area (Å²) >= 11 is 1.44. The van der Waals surface area contributed by atoms with Crippen molar-refractivity contribution in [1.82, 2.24) is 16.2 Å². The number of rotatable bonds is 5. The van der Waals surface area contributed by atoms with Crippen LogP contribution in [0.1, 0.15) is 18.5 Å². The van der Waals surface area contributed by atoms with Crippen molar-refractivity contribution in [3.8, 4) is 0 Å². The second-order valence-electron chi connectivity index (χ2n) is 4.46. The minimum absolute atomic E-state index is 0.129. The lowest BCUT2D eigenvalue weighted by atomic mass is 9.95. The second-order valence-corrected chi connectivity index (χ2v) is 5.31. The van der Waals surface area contributed by atoms with Gasteiger partial charge in [0.1, 0.15) is 5.82 Å². The molecule has 2 rings (SSSR count). The van der Waals surface area contributed by atoms with Crippen LogP contribution in [0, 0.1) is 11.7 Å². The van der Waals surface area contributed by atoms with Crippen molar-refractivity contribution in [2.75, 3.05) is 25.9 Å². The second kappa shape index (κ2) is 6.52. The third-order valence-electron chi connectivity index (χ3n) is 3.28. The van der Waals surface area contributed by atoms with Crippen LogP contribution in [0.4, 0.5) is 4.39 Å². The molecule has 3 N–H and O–H groups in total. The normalized spacial score (nSPS) is 23.5. The van der Waals surface area contributed by atoms with Crippen LogP contribution in [0.15, 0.2) is 23.1 Å². The van der Waals surface area contributed by atoms with E-state index in [9.17, 15) is 4.39 Å². The summed E-state index contributed by atoms with van der Waals surface area (Å²) in [6.45, 7) is 4.90. The fraction of sp³-hybridized carbons (Fsp3) is 0.538. The first kappa shape index (κ1) is 13.8. The van der Waals surface area contributed by atoms with Gasteiger partial charge in [-0.2, -0.15) is 0 Å². The lowest BCUT2D eigenvalue weighted by Gasteiger charge is -2.19. The highest BCUT2D eigenvalue weighted by Gasteiger charge is 2.28. The Hall–Kier alpha value is -0.620. The van der Waals surface area contributed by atoms with E-state index in [1.165, 1.54) is 11.8 Å². The summed E-state index contributed by atoms with van der Waals surface area (Å²) in [4.78, 5) is 0.702. The van der Waals surface area contributed by atoms with Crippen molar-refractivity contribution >= 4 is 11.8 Å². The van der Waals surface area contributed by atoms with Crippen LogP contribution in [0.3, 0.4) is 0 Å². The van der Waals surface area contributed by atoms with E-state index >= 15 is 0 Å². The smallest absolute Gasteiger partial charge is 0.137 e. The number of hydrogen-bond acceptors (Lipinski definition) is 4. The molecular formula is C13H20FN3S. The van der Waals surface area contributed by atoms with Gasteiger partial charge in [0.05, 0.1) is 6.04 Å². The summed E-state index contributed by atoms with van der Waals surface area (Å²) in [6.07, 6.45) is 1.89. The molecule has 2 unspecified atom stereocenters. The first-order chi connectivity index (χ1) is 8.76. The van der Waals surface area contributed by atoms with Crippen molar-refractivity contribution < 1.29 is 4.39 Å². The van der Waals surface area contributed by atoms with Gasteiger partial charge in [0.15, 0.2) is 0 Å². The van der Waals surface area contributed by atoms with Crippen molar-refractivity contribution in [3.05, 3.63) is 29.6 Å². The highest BCUT2D eigenvalue weighted by molar-refractivity contribution is 7.98. The van der Waals surface area contributed by atoms with Gasteiger partial charge in [-0.1, -0.05) is 13.0 Å². The molecule has 3 nitrogen and oxygen atoms in total. The summed E-state index contributed by atoms with van der Waals surface area (Å²) in [6, 6.07) is 5.70. The Bertz CT molecular complexity index is 400. The lowest BCUT2D eigenvalue weighted by Crippen LogP contribution is -2.28. The third-order valence-corrected chi connectivity index (χ3v) is 4.06. The van der Waals surface area contributed by atoms with Crippen LogP contribution in [-0.2, 0) is 0 Å². The number of halogens is 1. The number of hydrazine groups is 1. The monoisotopic (exact) mass is 269 g/mol. The molecule has 5 heteroatoms. The zero-order valence-corrected chi connectivity index (χ0v) is 11.6. The van der Waals surface area contributed by atoms with Crippen LogP contribution in [-0.4, -0.2) is 25.9 Å². The maximum Gasteiger partial charge on any atom is 0.137 e. The van der Waals surface area contributed by atoms with Gasteiger partial charge < -0.3 is 5.32 Å². The van der Waals surface area contributed by atoms with Crippen molar-refractivity contribution in [3.63, 3.8) is 0 Å². The first-order valence-electron chi connectivity index (χ1n) is 6.28. The maximum atomic E-state index is 13.8. The van der Waals surface area contributed by atoms with Crippen LogP contribution < -0.4 is 16.2 Å². The van der Waals surface area contributed by atoms with Crippen molar-refractivity contribution in [1.29, 1.82) is 0 Å². The Morgan fingerprint density at radius 1 is 1.50 bits per heavy atom. The van der Waals surface area contributed by atoms with E-state index in [2.05, 4.69) is 23.1 Å². The molecule has 1 aromatic rings. The largest absolute Gasteiger partial charge is 0.317 e. The highest BCUT2D eigenvalue weighted by atomic mass is 32.2. The minimum atomic E-state index is -0.129. The summed E-state index contributed by atoms with van der Waals surface area (Å²) in [7, 11) is 0. The fourth-order valence-electron chi connectivity index (χ4n) is 2.29. The molecule has 100 valence electrons. The van der Waals surface area contributed by atoms with Gasteiger partial charge in [-0.3, -0.25) is 5.43 Å². The van der Waals surface area contributed by atoms with E-state index in [0.717, 1.165) is 25.2 Å². The van der Waals surface area contributed by atoms with Gasteiger partial charge in [0.25, 0.3) is 0 Å². The average Bonchev–Trinajstić information content (AvgIpc) is 2.84. The van der Waals surface area contributed by atoms with Crippen LogP contribution in [0.25, 0.3) is 0 Å².